The van der Waals surface area contributed by atoms with Crippen LogP contribution in [0.4, 0.5) is 0 Å². The highest BCUT2D eigenvalue weighted by Crippen LogP contribution is 2.33. The first-order valence-electron chi connectivity index (χ1n) is 12.8. The molecule has 36 heavy (non-hydrogen) atoms. The molecule has 4 aromatic rings. The molecule has 1 saturated carbocycles. The molecule has 0 spiro atoms. The van der Waals surface area contributed by atoms with E-state index in [1.807, 2.05) is 41.1 Å². The summed E-state index contributed by atoms with van der Waals surface area (Å²) in [5.41, 5.74) is 3.91. The molecule has 188 valence electrons. The molecule has 8 nitrogen and oxygen atoms in total. The molecule has 5 rings (SSSR count). The minimum absolute atomic E-state index is 0.00829. The van der Waals surface area contributed by atoms with Gasteiger partial charge in [0.15, 0.2) is 5.82 Å². The molecule has 0 saturated heterocycles. The minimum atomic E-state index is -0.0259. The number of aromatic nitrogens is 5. The predicted octanol–water partition coefficient (Wildman–Crippen LogP) is 4.78. The van der Waals surface area contributed by atoms with Gasteiger partial charge in [-0.2, -0.15) is 0 Å². The predicted molar refractivity (Wildman–Crippen MR) is 140 cm³/mol. The van der Waals surface area contributed by atoms with Gasteiger partial charge in [-0.25, -0.2) is 4.68 Å². The summed E-state index contributed by atoms with van der Waals surface area (Å²) in [5, 5.41) is 13.9. The molecule has 2 heterocycles. The largest absolute Gasteiger partial charge is 0.497 e. The van der Waals surface area contributed by atoms with Gasteiger partial charge in [0.1, 0.15) is 5.75 Å². The molecule has 2 aromatic carbocycles. The molecule has 0 aliphatic heterocycles. The zero-order valence-electron chi connectivity index (χ0n) is 21.3. The summed E-state index contributed by atoms with van der Waals surface area (Å²) >= 11 is 0. The molecular formula is C28H34N6O2. The van der Waals surface area contributed by atoms with Gasteiger partial charge in [-0.05, 0) is 77.9 Å². The van der Waals surface area contributed by atoms with E-state index in [9.17, 15) is 4.79 Å². The smallest absolute Gasteiger partial charge is 0.252 e. The van der Waals surface area contributed by atoms with Gasteiger partial charge in [0.05, 0.1) is 19.7 Å². The average molecular weight is 487 g/mol. The van der Waals surface area contributed by atoms with E-state index in [0.717, 1.165) is 52.9 Å². The molecule has 1 aliphatic carbocycles. The van der Waals surface area contributed by atoms with Crippen molar-refractivity contribution in [3.63, 3.8) is 0 Å². The molecule has 0 bridgehead atoms. The number of aryl methyl sites for hydroxylation is 1. The van der Waals surface area contributed by atoms with Gasteiger partial charge < -0.3 is 9.72 Å². The fourth-order valence-electron chi connectivity index (χ4n) is 5.45. The van der Waals surface area contributed by atoms with Crippen molar-refractivity contribution in [3.8, 4) is 5.75 Å². The summed E-state index contributed by atoms with van der Waals surface area (Å²) in [6.07, 6.45) is 5.52. The van der Waals surface area contributed by atoms with E-state index in [1.54, 1.807) is 7.11 Å². The fourth-order valence-corrected chi connectivity index (χ4v) is 5.45. The van der Waals surface area contributed by atoms with E-state index < -0.39 is 0 Å². The third kappa shape index (κ3) is 5.04. The summed E-state index contributed by atoms with van der Waals surface area (Å²) in [5.74, 6) is 1.67. The summed E-state index contributed by atoms with van der Waals surface area (Å²) in [4.78, 5) is 18.6. The summed E-state index contributed by atoms with van der Waals surface area (Å²) in [6, 6.07) is 16.6. The first-order chi connectivity index (χ1) is 17.6. The number of hydrogen-bond donors (Lipinski definition) is 1. The van der Waals surface area contributed by atoms with Crippen LogP contribution in [0.3, 0.4) is 0 Å². The number of benzene rings is 2. The highest BCUT2D eigenvalue weighted by molar-refractivity contribution is 5.79. The zero-order chi connectivity index (χ0) is 25.1. The van der Waals surface area contributed by atoms with E-state index in [2.05, 4.69) is 51.4 Å². The van der Waals surface area contributed by atoms with Gasteiger partial charge >= 0.3 is 0 Å². The number of nitrogens with one attached hydrogen (secondary N) is 1. The van der Waals surface area contributed by atoms with Crippen LogP contribution in [-0.4, -0.2) is 43.2 Å². The maximum Gasteiger partial charge on any atom is 0.252 e. The summed E-state index contributed by atoms with van der Waals surface area (Å²) in [7, 11) is 1.67. The maximum atomic E-state index is 13.1. The third-order valence-electron chi connectivity index (χ3n) is 7.36. The van der Waals surface area contributed by atoms with Crippen LogP contribution in [0.25, 0.3) is 10.9 Å². The zero-order valence-corrected chi connectivity index (χ0v) is 21.3. The van der Waals surface area contributed by atoms with Crippen LogP contribution in [0.5, 0.6) is 5.75 Å². The van der Waals surface area contributed by atoms with E-state index in [1.165, 1.54) is 18.4 Å². The Labute approximate surface area is 211 Å². The standard InChI is InChI=1S/C28H34N6O2/c1-4-26(27-30-31-32-34(27)17-20-10-12-24(36-3)13-11-20)33(23-7-5-6-8-23)18-22-16-21-15-19(2)9-14-25(21)29-28(22)35/h9-16,23,26H,4-8,17-18H2,1-3H3,(H,29,35). The highest BCUT2D eigenvalue weighted by atomic mass is 16.5. The number of rotatable bonds is 9. The Kier molecular flexibility index (Phi) is 7.13. The van der Waals surface area contributed by atoms with Crippen LogP contribution in [-0.2, 0) is 13.1 Å². The van der Waals surface area contributed by atoms with Crippen molar-refractivity contribution >= 4 is 10.9 Å². The monoisotopic (exact) mass is 486 g/mol. The molecule has 8 heteroatoms. The van der Waals surface area contributed by atoms with E-state index in [0.29, 0.717) is 19.1 Å². The Bertz CT molecular complexity index is 1370. The number of nitrogens with zero attached hydrogens (tertiary/aromatic N) is 5. The number of pyridine rings is 1. The lowest BCUT2D eigenvalue weighted by atomic mass is 10.0. The Morgan fingerprint density at radius 2 is 1.92 bits per heavy atom. The SMILES string of the molecule is CCC(c1nnnn1Cc1ccc(OC)cc1)N(Cc1cc2cc(C)ccc2[nH]c1=O)C1CCCC1. The highest BCUT2D eigenvalue weighted by Gasteiger charge is 2.32. The molecule has 1 atom stereocenters. The van der Waals surface area contributed by atoms with Crippen molar-refractivity contribution in [2.45, 2.75) is 71.1 Å². The van der Waals surface area contributed by atoms with E-state index in [-0.39, 0.29) is 11.6 Å². The number of H-pyrrole nitrogens is 1. The topological polar surface area (TPSA) is 88.9 Å². The Morgan fingerprint density at radius 3 is 2.64 bits per heavy atom. The van der Waals surface area contributed by atoms with Gasteiger partial charge in [0.2, 0.25) is 0 Å². The van der Waals surface area contributed by atoms with Crippen molar-refractivity contribution < 1.29 is 4.74 Å². The van der Waals surface area contributed by atoms with Gasteiger partial charge in [-0.3, -0.25) is 9.69 Å². The van der Waals surface area contributed by atoms with Gasteiger partial charge in [0.25, 0.3) is 5.56 Å². The van der Waals surface area contributed by atoms with Crippen LogP contribution in [0.1, 0.15) is 67.6 Å². The average Bonchev–Trinajstić information content (AvgIpc) is 3.58. The van der Waals surface area contributed by atoms with Crippen molar-refractivity contribution in [3.05, 3.63) is 81.4 Å². The second-order valence-corrected chi connectivity index (χ2v) is 9.79. The summed E-state index contributed by atoms with van der Waals surface area (Å²) < 4.78 is 7.18. The van der Waals surface area contributed by atoms with Crippen LogP contribution >= 0.6 is 0 Å². The van der Waals surface area contributed by atoms with Crippen molar-refractivity contribution in [2.24, 2.45) is 0 Å². The van der Waals surface area contributed by atoms with Crippen molar-refractivity contribution in [2.75, 3.05) is 7.11 Å². The Balaban J connectivity index is 1.47. The lowest BCUT2D eigenvalue weighted by Gasteiger charge is -2.35. The first kappa shape index (κ1) is 24.2. The number of fused-ring (bicyclic) bond motifs is 1. The lowest BCUT2D eigenvalue weighted by Crippen LogP contribution is -2.39. The van der Waals surface area contributed by atoms with Gasteiger partial charge in [0, 0.05) is 23.7 Å². The molecule has 2 aromatic heterocycles. The number of hydrogen-bond acceptors (Lipinski definition) is 6. The second-order valence-electron chi connectivity index (χ2n) is 9.79. The Morgan fingerprint density at radius 1 is 1.14 bits per heavy atom. The Hall–Kier alpha value is -3.52. The summed E-state index contributed by atoms with van der Waals surface area (Å²) in [6.45, 7) is 5.40. The number of tetrazole rings is 1. The van der Waals surface area contributed by atoms with E-state index in [4.69, 9.17) is 4.74 Å². The van der Waals surface area contributed by atoms with Gasteiger partial charge in [-0.15, -0.1) is 5.10 Å². The minimum Gasteiger partial charge on any atom is -0.497 e. The fraction of sp³-hybridized carbons (Fsp3) is 0.429. The first-order valence-corrected chi connectivity index (χ1v) is 12.8. The van der Waals surface area contributed by atoms with Crippen molar-refractivity contribution in [1.82, 2.24) is 30.1 Å². The molecule has 1 aliphatic rings. The normalized spacial score (nSPS) is 15.1. The van der Waals surface area contributed by atoms with Gasteiger partial charge in [-0.1, -0.05) is 43.5 Å². The molecular weight excluding hydrogens is 452 g/mol. The number of aromatic amines is 1. The molecule has 1 unspecified atom stereocenters. The van der Waals surface area contributed by atoms with Crippen LogP contribution in [0, 0.1) is 6.92 Å². The number of methoxy groups -OCH3 is 1. The van der Waals surface area contributed by atoms with Crippen LogP contribution < -0.4 is 10.3 Å². The number of ether oxygens (including phenoxy) is 1. The molecule has 1 fully saturated rings. The van der Waals surface area contributed by atoms with Crippen LogP contribution in [0.2, 0.25) is 0 Å². The van der Waals surface area contributed by atoms with Crippen LogP contribution in [0.15, 0.2) is 53.3 Å². The molecule has 1 N–H and O–H groups in total. The van der Waals surface area contributed by atoms with Crippen molar-refractivity contribution in [1.29, 1.82) is 0 Å². The third-order valence-corrected chi connectivity index (χ3v) is 7.36. The quantitative estimate of drug-likeness (QED) is 0.366. The molecule has 0 radical (unpaired) electrons. The molecule has 0 amide bonds. The lowest BCUT2D eigenvalue weighted by molar-refractivity contribution is 0.112. The van der Waals surface area contributed by atoms with E-state index >= 15 is 0 Å². The maximum absolute atomic E-state index is 13.1. The second kappa shape index (κ2) is 10.6.